The first-order chi connectivity index (χ1) is 13.0. The number of halogens is 1. The van der Waals surface area contributed by atoms with Gasteiger partial charge in [-0.25, -0.2) is 19.2 Å². The predicted octanol–water partition coefficient (Wildman–Crippen LogP) is 1.08. The highest BCUT2D eigenvalue weighted by atomic mass is 19.1. The van der Waals surface area contributed by atoms with E-state index >= 15 is 0 Å². The average Bonchev–Trinajstić information content (AvgIpc) is 3.03. The van der Waals surface area contributed by atoms with Crippen molar-refractivity contribution in [1.82, 2.24) is 20.6 Å². The van der Waals surface area contributed by atoms with Crippen molar-refractivity contribution < 1.29 is 23.8 Å². The van der Waals surface area contributed by atoms with Crippen LogP contribution in [0.3, 0.4) is 0 Å². The topological polar surface area (TPSA) is 117 Å². The molecular formula is C17H22FN5O4. The summed E-state index contributed by atoms with van der Waals surface area (Å²) in [7, 11) is 0. The van der Waals surface area contributed by atoms with Crippen molar-refractivity contribution in [1.29, 1.82) is 0 Å². The molecule has 9 nitrogen and oxygen atoms in total. The molecule has 3 N–H and O–H groups in total. The Morgan fingerprint density at radius 3 is 2.63 bits per heavy atom. The lowest BCUT2D eigenvalue weighted by Gasteiger charge is -2.37. The van der Waals surface area contributed by atoms with Gasteiger partial charge in [0, 0.05) is 31.8 Å². The SMILES string of the molecule is O=C(O)NC/C(=C\F)COc1cnc(N2CCC3(CCNC3=O)CC2)nc1. The van der Waals surface area contributed by atoms with E-state index in [1.54, 1.807) is 0 Å². The lowest BCUT2D eigenvalue weighted by atomic mass is 9.77. The Hall–Kier alpha value is -2.91. The van der Waals surface area contributed by atoms with Gasteiger partial charge in [-0.05, 0) is 19.3 Å². The third-order valence-electron chi connectivity index (χ3n) is 5.03. The fourth-order valence-corrected chi connectivity index (χ4v) is 3.36. The summed E-state index contributed by atoms with van der Waals surface area (Å²) in [6.07, 6.45) is 4.51. The Morgan fingerprint density at radius 1 is 1.37 bits per heavy atom. The first kappa shape index (κ1) is 18.9. The number of carbonyl (C=O) groups is 2. The number of carboxylic acid groups (broad SMARTS) is 1. The first-order valence-corrected chi connectivity index (χ1v) is 8.75. The van der Waals surface area contributed by atoms with E-state index in [2.05, 4.69) is 20.6 Å². The standard InChI is InChI=1S/C17H22FN5O4/c18-7-12(8-22-16(25)26)11-27-13-9-20-15(21-10-13)23-5-2-17(3-6-23)1-4-19-14(17)24/h7,9-10,22H,1-6,8,11H2,(H,19,24)(H,25,26)/b12-7+. The van der Waals surface area contributed by atoms with Gasteiger partial charge in [-0.2, -0.15) is 0 Å². The Kier molecular flexibility index (Phi) is 5.72. The zero-order chi connectivity index (χ0) is 19.3. The number of piperidine rings is 1. The average molecular weight is 379 g/mol. The molecule has 3 heterocycles. The predicted molar refractivity (Wildman–Crippen MR) is 94.3 cm³/mol. The van der Waals surface area contributed by atoms with Gasteiger partial charge in [0.1, 0.15) is 6.61 Å². The molecule has 0 bridgehead atoms. The number of hydrogen-bond donors (Lipinski definition) is 3. The van der Waals surface area contributed by atoms with Crippen LogP contribution in [0.4, 0.5) is 15.1 Å². The molecular weight excluding hydrogens is 357 g/mol. The van der Waals surface area contributed by atoms with E-state index < -0.39 is 6.09 Å². The van der Waals surface area contributed by atoms with Crippen molar-refractivity contribution in [3.8, 4) is 5.75 Å². The fraction of sp³-hybridized carbons (Fsp3) is 0.529. The Morgan fingerprint density at radius 2 is 2.07 bits per heavy atom. The Labute approximate surface area is 155 Å². The van der Waals surface area contributed by atoms with Gasteiger partial charge in [-0.3, -0.25) is 4.79 Å². The summed E-state index contributed by atoms with van der Waals surface area (Å²) in [5.41, 5.74) is -0.0869. The van der Waals surface area contributed by atoms with Gasteiger partial charge in [0.15, 0.2) is 5.75 Å². The van der Waals surface area contributed by atoms with Gasteiger partial charge in [0.2, 0.25) is 11.9 Å². The summed E-state index contributed by atoms with van der Waals surface area (Å²) in [5.74, 6) is 1.07. The summed E-state index contributed by atoms with van der Waals surface area (Å²) >= 11 is 0. The molecule has 27 heavy (non-hydrogen) atoms. The van der Waals surface area contributed by atoms with Crippen molar-refractivity contribution in [2.45, 2.75) is 19.3 Å². The third kappa shape index (κ3) is 4.44. The second kappa shape index (κ2) is 8.19. The van der Waals surface area contributed by atoms with E-state index in [4.69, 9.17) is 9.84 Å². The van der Waals surface area contributed by atoms with Gasteiger partial charge >= 0.3 is 6.09 Å². The molecule has 2 saturated heterocycles. The van der Waals surface area contributed by atoms with E-state index in [1.807, 2.05) is 4.90 Å². The van der Waals surface area contributed by atoms with Crippen LogP contribution < -0.4 is 20.3 Å². The van der Waals surface area contributed by atoms with Crippen LogP contribution in [-0.4, -0.2) is 59.9 Å². The number of carbonyl (C=O) groups excluding carboxylic acids is 1. The minimum Gasteiger partial charge on any atom is -0.486 e. The third-order valence-corrected chi connectivity index (χ3v) is 5.03. The molecule has 2 fully saturated rings. The van der Waals surface area contributed by atoms with Gasteiger partial charge in [-0.1, -0.05) is 0 Å². The number of nitrogens with one attached hydrogen (secondary N) is 2. The van der Waals surface area contributed by atoms with Crippen molar-refractivity contribution in [3.05, 3.63) is 24.3 Å². The van der Waals surface area contributed by atoms with E-state index in [9.17, 15) is 14.0 Å². The fourth-order valence-electron chi connectivity index (χ4n) is 3.36. The summed E-state index contributed by atoms with van der Waals surface area (Å²) in [4.78, 5) is 33.1. The molecule has 10 heteroatoms. The maximum Gasteiger partial charge on any atom is 0.404 e. The molecule has 0 aromatic carbocycles. The number of anilines is 1. The van der Waals surface area contributed by atoms with Gasteiger partial charge in [0.05, 0.1) is 24.1 Å². The van der Waals surface area contributed by atoms with Crippen LogP contribution in [0, 0.1) is 5.41 Å². The Balaban J connectivity index is 1.50. The smallest absolute Gasteiger partial charge is 0.404 e. The van der Waals surface area contributed by atoms with Crippen molar-refractivity contribution in [3.63, 3.8) is 0 Å². The summed E-state index contributed by atoms with van der Waals surface area (Å²) in [6, 6.07) is 0. The number of hydrogen-bond acceptors (Lipinski definition) is 6. The molecule has 1 aromatic rings. The molecule has 1 spiro atoms. The van der Waals surface area contributed by atoms with Crippen LogP contribution in [0.1, 0.15) is 19.3 Å². The number of nitrogens with zero attached hydrogens (tertiary/aromatic N) is 3. The molecule has 2 aliphatic heterocycles. The zero-order valence-corrected chi connectivity index (χ0v) is 14.8. The quantitative estimate of drug-likeness (QED) is 0.677. The highest BCUT2D eigenvalue weighted by molar-refractivity contribution is 5.85. The molecule has 3 rings (SSSR count). The van der Waals surface area contributed by atoms with Gasteiger partial charge < -0.3 is 25.4 Å². The van der Waals surface area contributed by atoms with Crippen LogP contribution in [0.25, 0.3) is 0 Å². The number of amides is 2. The van der Waals surface area contributed by atoms with E-state index in [1.165, 1.54) is 12.4 Å². The molecule has 0 saturated carbocycles. The summed E-state index contributed by atoms with van der Waals surface area (Å²) in [5, 5.41) is 13.5. The van der Waals surface area contributed by atoms with Gasteiger partial charge in [0.25, 0.3) is 0 Å². The van der Waals surface area contributed by atoms with Crippen LogP contribution in [0.5, 0.6) is 5.75 Å². The second-order valence-corrected chi connectivity index (χ2v) is 6.71. The molecule has 146 valence electrons. The van der Waals surface area contributed by atoms with Crippen molar-refractivity contribution in [2.75, 3.05) is 37.7 Å². The molecule has 0 radical (unpaired) electrons. The lowest BCUT2D eigenvalue weighted by Crippen LogP contribution is -2.44. The van der Waals surface area contributed by atoms with E-state index in [0.717, 1.165) is 25.8 Å². The molecule has 2 aliphatic rings. The summed E-state index contributed by atoms with van der Waals surface area (Å²) in [6.45, 7) is 1.90. The van der Waals surface area contributed by atoms with Crippen LogP contribution in [0.15, 0.2) is 24.3 Å². The highest BCUT2D eigenvalue weighted by Gasteiger charge is 2.44. The Bertz CT molecular complexity index is 717. The van der Waals surface area contributed by atoms with E-state index in [-0.39, 0.29) is 30.0 Å². The maximum absolute atomic E-state index is 12.7. The number of rotatable bonds is 6. The van der Waals surface area contributed by atoms with Crippen molar-refractivity contribution in [2.24, 2.45) is 5.41 Å². The first-order valence-electron chi connectivity index (χ1n) is 8.75. The van der Waals surface area contributed by atoms with Gasteiger partial charge in [-0.15, -0.1) is 0 Å². The second-order valence-electron chi connectivity index (χ2n) is 6.71. The zero-order valence-electron chi connectivity index (χ0n) is 14.8. The minimum absolute atomic E-state index is 0.110. The molecule has 1 aromatic heterocycles. The lowest BCUT2D eigenvalue weighted by molar-refractivity contribution is -0.128. The summed E-state index contributed by atoms with van der Waals surface area (Å²) < 4.78 is 18.1. The van der Waals surface area contributed by atoms with Crippen molar-refractivity contribution >= 4 is 17.9 Å². The van der Waals surface area contributed by atoms with Crippen LogP contribution in [0.2, 0.25) is 0 Å². The number of aromatic nitrogens is 2. The molecule has 0 unspecified atom stereocenters. The largest absolute Gasteiger partial charge is 0.486 e. The minimum atomic E-state index is -1.24. The van der Waals surface area contributed by atoms with Crippen LogP contribution >= 0.6 is 0 Å². The molecule has 0 aliphatic carbocycles. The molecule has 0 atom stereocenters. The molecule has 2 amide bonds. The van der Waals surface area contributed by atoms with E-state index in [0.29, 0.717) is 31.1 Å². The highest BCUT2D eigenvalue weighted by Crippen LogP contribution is 2.38. The maximum atomic E-state index is 12.7. The monoisotopic (exact) mass is 379 g/mol. The normalized spacial score (nSPS) is 19.1. The van der Waals surface area contributed by atoms with Crippen LogP contribution in [-0.2, 0) is 4.79 Å². The number of ether oxygens (including phenoxy) is 1.